The second kappa shape index (κ2) is 10.6. The van der Waals surface area contributed by atoms with Crippen molar-refractivity contribution in [2.75, 3.05) is 40.4 Å². The standard InChI is InChI=1S/C26H35ClN2O3/c1-26(2,3)22-17-29(12-11-18-9-10-23(31-4)24(13-18)32-5)16-20(22)15-28-25(30)19-7-6-8-21(27)14-19/h6-10,13-14,20,22H,11-12,15-17H2,1-5H3,(H,28,30)/t20-,22-/m0/s1. The van der Waals surface area contributed by atoms with Gasteiger partial charge in [0.1, 0.15) is 0 Å². The Kier molecular flexibility index (Phi) is 8.07. The van der Waals surface area contributed by atoms with Crippen LogP contribution in [0.25, 0.3) is 0 Å². The van der Waals surface area contributed by atoms with Gasteiger partial charge in [0.05, 0.1) is 14.2 Å². The zero-order valence-electron chi connectivity index (χ0n) is 19.8. The molecule has 0 unspecified atom stereocenters. The second-order valence-corrected chi connectivity index (χ2v) is 10.1. The second-order valence-electron chi connectivity index (χ2n) is 9.65. The summed E-state index contributed by atoms with van der Waals surface area (Å²) < 4.78 is 10.8. The Bertz CT molecular complexity index is 926. The summed E-state index contributed by atoms with van der Waals surface area (Å²) in [5.74, 6) is 2.36. The molecule has 0 saturated carbocycles. The van der Waals surface area contributed by atoms with Crippen LogP contribution in [0.3, 0.4) is 0 Å². The molecule has 5 nitrogen and oxygen atoms in total. The number of hydrogen-bond donors (Lipinski definition) is 1. The Morgan fingerprint density at radius 1 is 1.09 bits per heavy atom. The number of nitrogens with one attached hydrogen (secondary N) is 1. The molecule has 2 atom stereocenters. The van der Waals surface area contributed by atoms with Crippen molar-refractivity contribution in [3.63, 3.8) is 0 Å². The first-order valence-corrected chi connectivity index (χ1v) is 11.6. The van der Waals surface area contributed by atoms with Crippen LogP contribution < -0.4 is 14.8 Å². The summed E-state index contributed by atoms with van der Waals surface area (Å²) in [5.41, 5.74) is 2.00. The molecule has 1 fully saturated rings. The van der Waals surface area contributed by atoms with Crippen LogP contribution in [0, 0.1) is 17.3 Å². The maximum atomic E-state index is 12.6. The summed E-state index contributed by atoms with van der Waals surface area (Å²) in [5, 5.41) is 3.71. The Morgan fingerprint density at radius 2 is 1.84 bits per heavy atom. The van der Waals surface area contributed by atoms with E-state index >= 15 is 0 Å². The van der Waals surface area contributed by atoms with Gasteiger partial charge < -0.3 is 19.7 Å². The zero-order valence-corrected chi connectivity index (χ0v) is 20.5. The third kappa shape index (κ3) is 6.17. The summed E-state index contributed by atoms with van der Waals surface area (Å²) in [6, 6.07) is 13.2. The van der Waals surface area contributed by atoms with E-state index in [0.29, 0.717) is 29.0 Å². The molecule has 1 aliphatic rings. The van der Waals surface area contributed by atoms with Gasteiger partial charge in [0.15, 0.2) is 11.5 Å². The molecule has 0 aliphatic carbocycles. The fourth-order valence-electron chi connectivity index (χ4n) is 4.61. The number of nitrogens with zero attached hydrogens (tertiary/aromatic N) is 1. The number of hydrogen-bond acceptors (Lipinski definition) is 4. The predicted octanol–water partition coefficient (Wildman–Crippen LogP) is 4.92. The molecule has 0 aromatic heterocycles. The topological polar surface area (TPSA) is 50.8 Å². The SMILES string of the molecule is COc1ccc(CCN2C[C@H](CNC(=O)c3cccc(Cl)c3)[C@@H](C(C)(C)C)C2)cc1OC. The molecular weight excluding hydrogens is 424 g/mol. The zero-order chi connectivity index (χ0) is 23.3. The van der Waals surface area contributed by atoms with Crippen molar-refractivity contribution in [2.24, 2.45) is 17.3 Å². The Labute approximate surface area is 197 Å². The minimum atomic E-state index is -0.0658. The maximum absolute atomic E-state index is 12.6. The van der Waals surface area contributed by atoms with E-state index in [1.807, 2.05) is 6.07 Å². The highest BCUT2D eigenvalue weighted by atomic mass is 35.5. The third-order valence-corrected chi connectivity index (χ3v) is 6.64. The average Bonchev–Trinajstić information content (AvgIpc) is 3.19. The minimum absolute atomic E-state index is 0.0658. The Morgan fingerprint density at radius 3 is 2.50 bits per heavy atom. The average molecular weight is 459 g/mol. The molecule has 32 heavy (non-hydrogen) atoms. The van der Waals surface area contributed by atoms with Gasteiger partial charge >= 0.3 is 0 Å². The van der Waals surface area contributed by atoms with E-state index < -0.39 is 0 Å². The van der Waals surface area contributed by atoms with Crippen molar-refractivity contribution in [1.82, 2.24) is 10.2 Å². The van der Waals surface area contributed by atoms with Gasteiger partial charge in [-0.15, -0.1) is 0 Å². The van der Waals surface area contributed by atoms with Crippen LogP contribution in [0.5, 0.6) is 11.5 Å². The lowest BCUT2D eigenvalue weighted by Gasteiger charge is -2.31. The molecule has 0 bridgehead atoms. The number of likely N-dealkylation sites (tertiary alicyclic amines) is 1. The minimum Gasteiger partial charge on any atom is -0.493 e. The third-order valence-electron chi connectivity index (χ3n) is 6.41. The maximum Gasteiger partial charge on any atom is 0.251 e. The molecule has 1 heterocycles. The summed E-state index contributed by atoms with van der Waals surface area (Å²) in [7, 11) is 3.32. The molecule has 1 N–H and O–H groups in total. The van der Waals surface area contributed by atoms with E-state index in [1.165, 1.54) is 5.56 Å². The lowest BCUT2D eigenvalue weighted by atomic mass is 9.75. The number of halogens is 1. The van der Waals surface area contributed by atoms with Crippen molar-refractivity contribution in [3.8, 4) is 11.5 Å². The predicted molar refractivity (Wildman–Crippen MR) is 130 cm³/mol. The van der Waals surface area contributed by atoms with Gasteiger partial charge in [-0.25, -0.2) is 0 Å². The molecule has 1 aliphatic heterocycles. The van der Waals surface area contributed by atoms with Crippen molar-refractivity contribution in [1.29, 1.82) is 0 Å². The van der Waals surface area contributed by atoms with Crippen LogP contribution in [0.2, 0.25) is 5.02 Å². The molecule has 174 valence electrons. The molecule has 1 amide bonds. The molecule has 2 aromatic carbocycles. The molecule has 0 spiro atoms. The molecule has 6 heteroatoms. The summed E-state index contributed by atoms with van der Waals surface area (Å²) in [6.07, 6.45) is 0.943. The number of rotatable bonds is 8. The summed E-state index contributed by atoms with van der Waals surface area (Å²) >= 11 is 6.04. The van der Waals surface area contributed by atoms with Crippen molar-refractivity contribution in [3.05, 3.63) is 58.6 Å². The highest BCUT2D eigenvalue weighted by molar-refractivity contribution is 6.30. The number of carbonyl (C=O) groups is 1. The van der Waals surface area contributed by atoms with Gasteiger partial charge in [-0.1, -0.05) is 44.5 Å². The monoisotopic (exact) mass is 458 g/mol. The fraction of sp³-hybridized carbons (Fsp3) is 0.500. The molecule has 2 aromatic rings. The molecular formula is C26H35ClN2O3. The summed E-state index contributed by atoms with van der Waals surface area (Å²) in [4.78, 5) is 15.1. The first-order chi connectivity index (χ1) is 15.2. The van der Waals surface area contributed by atoms with Gasteiger partial charge in [0.2, 0.25) is 0 Å². The van der Waals surface area contributed by atoms with Crippen LogP contribution in [0.1, 0.15) is 36.7 Å². The van der Waals surface area contributed by atoms with Gasteiger partial charge in [-0.05, 0) is 59.6 Å². The Hall–Kier alpha value is -2.24. The van der Waals surface area contributed by atoms with Gasteiger partial charge in [0, 0.05) is 36.8 Å². The van der Waals surface area contributed by atoms with Crippen LogP contribution in [-0.2, 0) is 6.42 Å². The van der Waals surface area contributed by atoms with Crippen LogP contribution >= 0.6 is 11.6 Å². The fourth-order valence-corrected chi connectivity index (χ4v) is 4.80. The van der Waals surface area contributed by atoms with E-state index in [-0.39, 0.29) is 11.3 Å². The van der Waals surface area contributed by atoms with Crippen molar-refractivity contribution >= 4 is 17.5 Å². The quantitative estimate of drug-likeness (QED) is 0.609. The van der Waals surface area contributed by atoms with E-state index in [4.69, 9.17) is 21.1 Å². The largest absolute Gasteiger partial charge is 0.493 e. The number of carbonyl (C=O) groups excluding carboxylic acids is 1. The molecule has 1 saturated heterocycles. The summed E-state index contributed by atoms with van der Waals surface area (Å²) in [6.45, 7) is 10.5. The number of amides is 1. The highest BCUT2D eigenvalue weighted by Gasteiger charge is 2.39. The van der Waals surface area contributed by atoms with Crippen molar-refractivity contribution < 1.29 is 14.3 Å². The first-order valence-electron chi connectivity index (χ1n) is 11.2. The number of benzene rings is 2. The normalized spacial score (nSPS) is 19.1. The number of ether oxygens (including phenoxy) is 2. The van der Waals surface area contributed by atoms with Crippen LogP contribution in [0.15, 0.2) is 42.5 Å². The van der Waals surface area contributed by atoms with Crippen molar-refractivity contribution in [2.45, 2.75) is 27.2 Å². The molecule has 0 radical (unpaired) electrons. The number of methoxy groups -OCH3 is 2. The van der Waals surface area contributed by atoms with E-state index in [9.17, 15) is 4.79 Å². The first kappa shape index (κ1) is 24.4. The Balaban J connectivity index is 1.60. The van der Waals surface area contributed by atoms with E-state index in [0.717, 1.165) is 37.6 Å². The lowest BCUT2D eigenvalue weighted by molar-refractivity contribution is 0.0936. The lowest BCUT2D eigenvalue weighted by Crippen LogP contribution is -2.36. The molecule has 3 rings (SSSR count). The highest BCUT2D eigenvalue weighted by Crippen LogP contribution is 2.38. The smallest absolute Gasteiger partial charge is 0.251 e. The van der Waals surface area contributed by atoms with E-state index in [1.54, 1.807) is 38.5 Å². The van der Waals surface area contributed by atoms with Crippen LogP contribution in [0.4, 0.5) is 0 Å². The van der Waals surface area contributed by atoms with E-state index in [2.05, 4.69) is 43.1 Å². The van der Waals surface area contributed by atoms with Crippen LogP contribution in [-0.4, -0.2) is 51.2 Å². The van der Waals surface area contributed by atoms with Gasteiger partial charge in [-0.3, -0.25) is 4.79 Å². The van der Waals surface area contributed by atoms with Gasteiger partial charge in [0.25, 0.3) is 5.91 Å². The van der Waals surface area contributed by atoms with Gasteiger partial charge in [-0.2, -0.15) is 0 Å².